The Hall–Kier alpha value is -1.62. The molecule has 4 nitrogen and oxygen atoms in total. The summed E-state index contributed by atoms with van der Waals surface area (Å²) in [7, 11) is 0. The maximum absolute atomic E-state index is 12.8. The van der Waals surface area contributed by atoms with E-state index in [1.807, 2.05) is 0 Å². The molecule has 0 aromatic heterocycles. The first-order valence-electron chi connectivity index (χ1n) is 8.03. The predicted molar refractivity (Wildman–Crippen MR) is 84.4 cm³/mol. The summed E-state index contributed by atoms with van der Waals surface area (Å²) in [6.45, 7) is 7.09. The molecule has 0 unspecified atom stereocenters. The minimum absolute atomic E-state index is 0.113. The Balaban J connectivity index is 1.76. The second-order valence-electron chi connectivity index (χ2n) is 5.84. The van der Waals surface area contributed by atoms with Crippen LogP contribution in [-0.4, -0.2) is 42.6 Å². The molecule has 1 atom stereocenters. The Kier molecular flexibility index (Phi) is 6.19. The van der Waals surface area contributed by atoms with Crippen LogP contribution in [0.1, 0.15) is 33.1 Å². The molecule has 1 saturated heterocycles. The fourth-order valence-corrected chi connectivity index (χ4v) is 2.71. The summed E-state index contributed by atoms with van der Waals surface area (Å²) in [4.78, 5) is 14.6. The Morgan fingerprint density at radius 2 is 2.00 bits per heavy atom. The normalized spacial score (nSPS) is 18.0. The maximum Gasteiger partial charge on any atom is 0.260 e. The fourth-order valence-electron chi connectivity index (χ4n) is 2.71. The fraction of sp³-hybridized carbons (Fsp3) is 0.588. The topological polar surface area (TPSA) is 41.6 Å². The van der Waals surface area contributed by atoms with E-state index in [1.165, 1.54) is 30.7 Å². The van der Waals surface area contributed by atoms with Crippen LogP contribution in [0.25, 0.3) is 0 Å². The summed E-state index contributed by atoms with van der Waals surface area (Å²) in [6.07, 6.45) is 2.54. The van der Waals surface area contributed by atoms with Crippen molar-refractivity contribution in [2.24, 2.45) is 0 Å². The Morgan fingerprint density at radius 1 is 1.36 bits per heavy atom. The molecular weight excluding hydrogens is 283 g/mol. The van der Waals surface area contributed by atoms with Gasteiger partial charge in [-0.05, 0) is 57.0 Å². The van der Waals surface area contributed by atoms with E-state index in [0.29, 0.717) is 5.75 Å². The second kappa shape index (κ2) is 8.13. The van der Waals surface area contributed by atoms with Gasteiger partial charge in [0.05, 0.1) is 0 Å². The lowest BCUT2D eigenvalue weighted by Gasteiger charge is -2.32. The molecule has 2 rings (SSSR count). The molecule has 1 aliphatic heterocycles. The first-order chi connectivity index (χ1) is 10.6. The smallest absolute Gasteiger partial charge is 0.260 e. The van der Waals surface area contributed by atoms with Gasteiger partial charge in [0.15, 0.2) is 6.10 Å². The van der Waals surface area contributed by atoms with E-state index in [-0.39, 0.29) is 17.8 Å². The number of benzene rings is 1. The van der Waals surface area contributed by atoms with E-state index in [9.17, 15) is 9.18 Å². The minimum Gasteiger partial charge on any atom is -0.481 e. The SMILES string of the molecule is CCCN1CCC(NC(=O)[C@H](C)Oc2ccc(F)cc2)CC1. The van der Waals surface area contributed by atoms with Crippen molar-refractivity contribution in [3.05, 3.63) is 30.1 Å². The monoisotopic (exact) mass is 308 g/mol. The van der Waals surface area contributed by atoms with Crippen LogP contribution < -0.4 is 10.1 Å². The van der Waals surface area contributed by atoms with Crippen LogP contribution in [0.3, 0.4) is 0 Å². The van der Waals surface area contributed by atoms with Crippen LogP contribution in [0.2, 0.25) is 0 Å². The van der Waals surface area contributed by atoms with Crippen LogP contribution in [0.15, 0.2) is 24.3 Å². The van der Waals surface area contributed by atoms with Crippen molar-refractivity contribution in [1.29, 1.82) is 0 Å². The molecule has 1 aromatic rings. The number of carbonyl (C=O) groups is 1. The van der Waals surface area contributed by atoms with Gasteiger partial charge in [-0.15, -0.1) is 0 Å². The standard InChI is InChI=1S/C17H25FN2O2/c1-3-10-20-11-8-15(9-12-20)19-17(21)13(2)22-16-6-4-14(18)5-7-16/h4-7,13,15H,3,8-12H2,1-2H3,(H,19,21)/t13-/m0/s1. The molecule has 5 heteroatoms. The average Bonchev–Trinajstić information content (AvgIpc) is 2.51. The van der Waals surface area contributed by atoms with Crippen LogP contribution in [0.5, 0.6) is 5.75 Å². The molecule has 0 radical (unpaired) electrons. The quantitative estimate of drug-likeness (QED) is 0.878. The molecule has 122 valence electrons. The van der Waals surface area contributed by atoms with Gasteiger partial charge in [-0.3, -0.25) is 4.79 Å². The summed E-state index contributed by atoms with van der Waals surface area (Å²) in [5.41, 5.74) is 0. The highest BCUT2D eigenvalue weighted by atomic mass is 19.1. The molecular formula is C17H25FN2O2. The lowest BCUT2D eigenvalue weighted by molar-refractivity contribution is -0.128. The maximum atomic E-state index is 12.8. The summed E-state index contributed by atoms with van der Waals surface area (Å²) < 4.78 is 18.4. The van der Waals surface area contributed by atoms with E-state index >= 15 is 0 Å². The minimum atomic E-state index is -0.584. The van der Waals surface area contributed by atoms with Gasteiger partial charge in [0.1, 0.15) is 11.6 Å². The Labute approximate surface area is 131 Å². The van der Waals surface area contributed by atoms with E-state index in [2.05, 4.69) is 17.1 Å². The van der Waals surface area contributed by atoms with Crippen molar-refractivity contribution in [3.63, 3.8) is 0 Å². The van der Waals surface area contributed by atoms with Crippen molar-refractivity contribution < 1.29 is 13.9 Å². The van der Waals surface area contributed by atoms with E-state index in [4.69, 9.17) is 4.74 Å². The number of halogens is 1. The predicted octanol–water partition coefficient (Wildman–Crippen LogP) is 2.58. The van der Waals surface area contributed by atoms with Gasteiger partial charge in [-0.2, -0.15) is 0 Å². The second-order valence-corrected chi connectivity index (χ2v) is 5.84. The van der Waals surface area contributed by atoms with Crippen molar-refractivity contribution in [2.45, 2.75) is 45.3 Å². The van der Waals surface area contributed by atoms with Gasteiger partial charge in [-0.1, -0.05) is 6.92 Å². The van der Waals surface area contributed by atoms with Crippen molar-refractivity contribution in [1.82, 2.24) is 10.2 Å². The van der Waals surface area contributed by atoms with E-state index in [1.54, 1.807) is 6.92 Å². The number of amides is 1. The van der Waals surface area contributed by atoms with Gasteiger partial charge in [0, 0.05) is 19.1 Å². The lowest BCUT2D eigenvalue weighted by atomic mass is 10.0. The number of hydrogen-bond donors (Lipinski definition) is 1. The van der Waals surface area contributed by atoms with Crippen LogP contribution >= 0.6 is 0 Å². The summed E-state index contributed by atoms with van der Waals surface area (Å²) in [6, 6.07) is 5.93. The van der Waals surface area contributed by atoms with Gasteiger partial charge in [-0.25, -0.2) is 4.39 Å². The zero-order valence-corrected chi connectivity index (χ0v) is 13.3. The number of ether oxygens (including phenoxy) is 1. The highest BCUT2D eigenvalue weighted by molar-refractivity contribution is 5.81. The molecule has 0 spiro atoms. The number of hydrogen-bond acceptors (Lipinski definition) is 3. The van der Waals surface area contributed by atoms with Gasteiger partial charge in [0.25, 0.3) is 5.91 Å². The molecule has 0 aliphatic carbocycles. The first-order valence-corrected chi connectivity index (χ1v) is 8.03. The van der Waals surface area contributed by atoms with E-state index < -0.39 is 6.10 Å². The van der Waals surface area contributed by atoms with Crippen molar-refractivity contribution >= 4 is 5.91 Å². The number of piperidine rings is 1. The molecule has 1 amide bonds. The molecule has 1 fully saturated rings. The van der Waals surface area contributed by atoms with Crippen molar-refractivity contribution in [3.8, 4) is 5.75 Å². The molecule has 1 aliphatic rings. The van der Waals surface area contributed by atoms with Crippen LogP contribution in [0.4, 0.5) is 4.39 Å². The Morgan fingerprint density at radius 3 is 2.59 bits per heavy atom. The highest BCUT2D eigenvalue weighted by Crippen LogP contribution is 2.14. The molecule has 1 aromatic carbocycles. The number of carbonyl (C=O) groups excluding carboxylic acids is 1. The molecule has 0 saturated carbocycles. The van der Waals surface area contributed by atoms with Crippen molar-refractivity contribution in [2.75, 3.05) is 19.6 Å². The highest BCUT2D eigenvalue weighted by Gasteiger charge is 2.23. The first kappa shape index (κ1) is 16.7. The van der Waals surface area contributed by atoms with Gasteiger partial charge < -0.3 is 15.0 Å². The lowest BCUT2D eigenvalue weighted by Crippen LogP contribution is -2.48. The van der Waals surface area contributed by atoms with Gasteiger partial charge in [0.2, 0.25) is 0 Å². The summed E-state index contributed by atoms with van der Waals surface area (Å²) in [5, 5.41) is 3.05. The van der Waals surface area contributed by atoms with Crippen LogP contribution in [0, 0.1) is 5.82 Å². The van der Waals surface area contributed by atoms with Crippen LogP contribution in [-0.2, 0) is 4.79 Å². The molecule has 0 bridgehead atoms. The van der Waals surface area contributed by atoms with Gasteiger partial charge >= 0.3 is 0 Å². The summed E-state index contributed by atoms with van der Waals surface area (Å²) in [5.74, 6) is 0.0726. The Bertz CT molecular complexity index is 470. The average molecular weight is 308 g/mol. The number of likely N-dealkylation sites (tertiary alicyclic amines) is 1. The third-order valence-corrected chi connectivity index (χ3v) is 3.97. The third-order valence-electron chi connectivity index (χ3n) is 3.97. The third kappa shape index (κ3) is 4.98. The number of rotatable bonds is 6. The van der Waals surface area contributed by atoms with E-state index in [0.717, 1.165) is 32.5 Å². The molecule has 1 heterocycles. The summed E-state index contributed by atoms with van der Waals surface area (Å²) >= 11 is 0. The molecule has 1 N–H and O–H groups in total. The zero-order chi connectivity index (χ0) is 15.9. The zero-order valence-electron chi connectivity index (χ0n) is 13.3. The number of nitrogens with zero attached hydrogens (tertiary/aromatic N) is 1. The molecule has 22 heavy (non-hydrogen) atoms. The largest absolute Gasteiger partial charge is 0.481 e. The number of nitrogens with one attached hydrogen (secondary N) is 1.